The Morgan fingerprint density at radius 3 is 1.62 bits per heavy atom. The van der Waals surface area contributed by atoms with E-state index in [9.17, 15) is 9.67 Å². The summed E-state index contributed by atoms with van der Waals surface area (Å²) >= 11 is 0. The van der Waals surface area contributed by atoms with Gasteiger partial charge in [0.15, 0.2) is 16.5 Å². The zero-order valence-corrected chi connectivity index (χ0v) is 36.3. The molecule has 5 unspecified atom stereocenters. The Balaban J connectivity index is -0.0000000274. The Morgan fingerprint density at radius 1 is 1.08 bits per heavy atom. The normalized spacial score (nSPS) is 23.7. The second-order valence-electron chi connectivity index (χ2n) is 3.71. The number of aliphatic hydroxyl groups is 1. The van der Waals surface area contributed by atoms with Gasteiger partial charge in [-0.15, -0.1) is 0 Å². The van der Waals surface area contributed by atoms with Crippen molar-refractivity contribution in [3.63, 3.8) is 0 Å². The van der Waals surface area contributed by atoms with Gasteiger partial charge in [-0.05, 0) is 6.92 Å². The number of aliphatic hydroxyl groups excluding tert-OH is 1. The summed E-state index contributed by atoms with van der Waals surface area (Å²) in [6.07, 6.45) is -0.780. The van der Waals surface area contributed by atoms with Crippen molar-refractivity contribution in [2.45, 2.75) is 32.2 Å². The predicted molar refractivity (Wildman–Crippen MR) is 70.3 cm³/mol. The van der Waals surface area contributed by atoms with Crippen LogP contribution in [0.25, 0.3) is 0 Å². The molecule has 0 spiro atoms. The molecule has 0 saturated carbocycles. The van der Waals surface area contributed by atoms with Crippen LogP contribution in [0.4, 0.5) is 0 Å². The first-order valence-electron chi connectivity index (χ1n) is 5.12. The minimum atomic E-state index is -1.92. The second-order valence-corrected chi connectivity index (χ2v) is 5.35. The fraction of sp³-hybridized carbons (Fsp3) is 0.900. The molecule has 0 aromatic rings. The predicted octanol–water partition coefficient (Wildman–Crippen LogP) is 2.23. The molecule has 0 amide bonds. The molecule has 1 fully saturated rings. The van der Waals surface area contributed by atoms with Gasteiger partial charge in [0.05, 0.1) is 18.8 Å². The first kappa shape index (κ1) is 56.8. The molecule has 24 heavy (non-hydrogen) atoms. The summed E-state index contributed by atoms with van der Waals surface area (Å²) in [5.41, 5.74) is 0. The van der Waals surface area contributed by atoms with E-state index in [1.807, 2.05) is 13.8 Å². The van der Waals surface area contributed by atoms with Crippen molar-refractivity contribution in [2.75, 3.05) is 19.9 Å². The van der Waals surface area contributed by atoms with E-state index in [0.717, 1.165) is 0 Å². The molecule has 1 aliphatic rings. The van der Waals surface area contributed by atoms with Crippen LogP contribution in [-0.2, 0) is 166 Å². The van der Waals surface area contributed by atoms with Crippen molar-refractivity contribution in [3.05, 3.63) is 7.43 Å². The molecule has 0 aliphatic carbocycles. The van der Waals surface area contributed by atoms with Crippen LogP contribution in [0.1, 0.15) is 13.8 Å². The summed E-state index contributed by atoms with van der Waals surface area (Å²) in [5.74, 6) is 0.118. The molecule has 1 rings (SSSR count). The first-order valence-corrected chi connectivity index (χ1v) is 8.20. The monoisotopic (exact) mass is 1570 g/mol. The molecule has 14 heteroatoms. The number of hydrogen-bond acceptors (Lipinski definition) is 5. The Hall–Kier alpha value is 5.03. The van der Waals surface area contributed by atoms with Gasteiger partial charge in [0.2, 0.25) is 0 Å². The van der Waals surface area contributed by atoms with Crippen LogP contribution in [-0.4, -0.2) is 43.4 Å². The molecule has 0 radical (unpaired) electrons. The zero-order valence-electron chi connectivity index (χ0n) is 13.9. The van der Waals surface area contributed by atoms with E-state index in [0.29, 0.717) is 0 Å². The van der Waals surface area contributed by atoms with Crippen molar-refractivity contribution >= 4 is 16.5 Å². The molecule has 0 aromatic carbocycles. The van der Waals surface area contributed by atoms with Crippen LogP contribution in [0.15, 0.2) is 0 Å². The smallest absolute Gasteiger partial charge is 0.188 e. The minimum absolute atomic E-state index is 0. The van der Waals surface area contributed by atoms with Crippen LogP contribution in [0.2, 0.25) is 0 Å². The van der Waals surface area contributed by atoms with Crippen molar-refractivity contribution < 1.29 is 171 Å². The van der Waals surface area contributed by atoms with E-state index < -0.39 is 14.1 Å². The van der Waals surface area contributed by atoms with Crippen LogP contribution >= 0.6 is 16.5 Å². The van der Waals surface area contributed by atoms with E-state index in [4.69, 9.17) is 13.8 Å². The summed E-state index contributed by atoms with van der Waals surface area (Å²) in [7, 11) is -1.75. The molecule has 0 aromatic heterocycles. The van der Waals surface area contributed by atoms with Crippen molar-refractivity contribution in [2.24, 2.45) is 5.92 Å². The molecule has 1 N–H and O–H groups in total. The van der Waals surface area contributed by atoms with Gasteiger partial charge in [0.1, 0.15) is 6.10 Å². The van der Waals surface area contributed by atoms with Gasteiger partial charge in [-0.1, -0.05) is 6.92 Å². The van der Waals surface area contributed by atoms with E-state index in [2.05, 4.69) is 0 Å². The minimum Gasteiger partial charge on any atom is -0.390 e. The number of rotatable bonds is 3. The molecule has 0 bridgehead atoms. The Labute approximate surface area is 249 Å². The van der Waals surface area contributed by atoms with Gasteiger partial charge < -0.3 is 21.8 Å². The third kappa shape index (κ3) is 27.0. The molecular weight excluding hydrogens is 1550 g/mol. The molecule has 5 nitrogen and oxygen atoms in total. The largest absolute Gasteiger partial charge is 0.390 e. The maximum Gasteiger partial charge on any atom is 0.188 e. The fourth-order valence-electron chi connectivity index (χ4n) is 1.43. The van der Waals surface area contributed by atoms with Crippen LogP contribution in [0, 0.1) is 13.3 Å². The summed E-state index contributed by atoms with van der Waals surface area (Å²) in [4.78, 5) is 0. The zero-order chi connectivity index (χ0) is 12.7. The van der Waals surface area contributed by atoms with Gasteiger partial charge in [-0.3, -0.25) is 9.13 Å². The molecule has 1 aliphatic heterocycles. The van der Waals surface area contributed by atoms with Crippen molar-refractivity contribution in [3.8, 4) is 0 Å². The third-order valence-electron chi connectivity index (χ3n) is 2.50. The number of ether oxygens (including phenoxy) is 1. The van der Waals surface area contributed by atoms with Crippen molar-refractivity contribution in [1.82, 2.24) is 0 Å². The average Bonchev–Trinajstić information content (AvgIpc) is 2.44. The van der Waals surface area contributed by atoms with Crippen LogP contribution < -0.4 is 0 Å². The first-order chi connectivity index (χ1) is 7.43. The van der Waals surface area contributed by atoms with Crippen LogP contribution in [0.5, 0.6) is 0 Å². The topological polar surface area (TPSA) is 72.8 Å². The molecule has 1 heterocycles. The van der Waals surface area contributed by atoms with Gasteiger partial charge >= 0.3 is 0 Å². The number of hydrogen-bond donors (Lipinski definition) is 1. The van der Waals surface area contributed by atoms with Gasteiger partial charge in [-0.25, -0.2) is 0 Å². The standard InChI is InChI=1S/C8H17O4P.CH3OP.CH3.7W/c1-5-6(2)12-7(8(5)9)4-11-13(3)10;1-3-2;;;;;;;;/h5-9,13H,4H2,1-3H3;1H3;1H3;;;;;;;/q;;-1;;;;;;;. The fourth-order valence-corrected chi connectivity index (χ4v) is 1.83. The van der Waals surface area contributed by atoms with Crippen LogP contribution in [0.3, 0.4) is 0 Å². The molecule has 5 atom stereocenters. The SMILES string of the molecule is CC1OC(CO[PH](C)=O)C(O)C1C.CP=O.[CH3-].[W].[W].[W].[W].[W].[W].[W]. The van der Waals surface area contributed by atoms with Gasteiger partial charge in [0.25, 0.3) is 0 Å². The summed E-state index contributed by atoms with van der Waals surface area (Å²) in [5, 5.41) is 9.65. The van der Waals surface area contributed by atoms with E-state index in [1.165, 1.54) is 6.66 Å². The third-order valence-corrected chi connectivity index (χ3v) is 3.07. The van der Waals surface area contributed by atoms with Gasteiger partial charge in [0, 0.05) is 167 Å². The van der Waals surface area contributed by atoms with Crippen molar-refractivity contribution in [1.29, 1.82) is 0 Å². The Kier molecular flexibility index (Phi) is 84.0. The second kappa shape index (κ2) is 35.5. The Bertz CT molecular complexity index is 258. The van der Waals surface area contributed by atoms with Gasteiger partial charge in [-0.2, -0.15) is 0 Å². The molecule has 1 saturated heterocycles. The Morgan fingerprint density at radius 2 is 1.42 bits per heavy atom. The maximum atomic E-state index is 10.7. The summed E-state index contributed by atoms with van der Waals surface area (Å²) in [6, 6.07) is 0. The van der Waals surface area contributed by atoms with E-state index in [1.54, 1.807) is 6.66 Å². The summed E-state index contributed by atoms with van der Waals surface area (Å²) < 4.78 is 30.0. The molecule has 146 valence electrons. The average molecular weight is 1570 g/mol. The van der Waals surface area contributed by atoms with E-state index in [-0.39, 0.29) is 188 Å². The van der Waals surface area contributed by atoms with E-state index >= 15 is 0 Å². The maximum absolute atomic E-state index is 10.7. The quantitative estimate of drug-likeness (QED) is 0.348. The summed E-state index contributed by atoms with van der Waals surface area (Å²) in [6.45, 7) is 7.15. The molecular formula is C10H23O5P2W7-.